The van der Waals surface area contributed by atoms with Crippen molar-refractivity contribution in [3.63, 3.8) is 0 Å². The first kappa shape index (κ1) is 43.5. The molecule has 2 amide bonds. The van der Waals surface area contributed by atoms with E-state index in [1.807, 2.05) is 18.2 Å². The van der Waals surface area contributed by atoms with Crippen LogP contribution in [0.1, 0.15) is 68.7 Å². The molecule has 2 aromatic rings. The molecule has 3 rings (SSSR count). The van der Waals surface area contributed by atoms with Crippen LogP contribution in [0.4, 0.5) is 18.0 Å². The van der Waals surface area contributed by atoms with Crippen LogP contribution in [0.2, 0.25) is 0 Å². The molecule has 1 aliphatic rings. The first-order valence-electron chi connectivity index (χ1n) is 17.3. The van der Waals surface area contributed by atoms with Crippen LogP contribution in [0.5, 0.6) is 5.75 Å². The minimum absolute atomic E-state index is 0.0638. The third kappa shape index (κ3) is 12.9. The lowest BCUT2D eigenvalue weighted by atomic mass is 9.99. The molecule has 294 valence electrons. The van der Waals surface area contributed by atoms with Crippen molar-refractivity contribution in [3.8, 4) is 5.75 Å². The van der Waals surface area contributed by atoms with E-state index in [0.717, 1.165) is 18.2 Å². The van der Waals surface area contributed by atoms with Gasteiger partial charge < -0.3 is 24.6 Å². The van der Waals surface area contributed by atoms with Crippen LogP contribution in [0.25, 0.3) is 0 Å². The minimum Gasteiger partial charge on any atom is -0.497 e. The number of carbonyl (C=O) groups excluding carboxylic acids is 2. The molecule has 2 aromatic carbocycles. The lowest BCUT2D eigenvalue weighted by Gasteiger charge is -2.36. The molecule has 15 heteroatoms. The van der Waals surface area contributed by atoms with Gasteiger partial charge >= 0.3 is 12.3 Å². The van der Waals surface area contributed by atoms with Crippen molar-refractivity contribution in [2.24, 2.45) is 0 Å². The lowest BCUT2D eigenvalue weighted by molar-refractivity contribution is -0.130. The number of hydrogen-bond donors (Lipinski definition) is 2. The Morgan fingerprint density at radius 1 is 1.08 bits per heavy atom. The third-order valence-corrected chi connectivity index (χ3v) is 10.7. The van der Waals surface area contributed by atoms with Gasteiger partial charge in [0.05, 0.1) is 57.2 Å². The highest BCUT2D eigenvalue weighted by atomic mass is 32.2. The summed E-state index contributed by atoms with van der Waals surface area (Å²) in [5.41, 5.74) is 1.51. The summed E-state index contributed by atoms with van der Waals surface area (Å²) in [5, 5.41) is 14.7. The van der Waals surface area contributed by atoms with Crippen LogP contribution in [0, 0.1) is 0 Å². The van der Waals surface area contributed by atoms with Crippen LogP contribution in [-0.2, 0) is 30.7 Å². The molecule has 2 N–H and O–H groups in total. The number of sulfonamides is 1. The second-order valence-corrected chi connectivity index (χ2v) is 16.2. The molecule has 0 spiro atoms. The molecular formula is C38H52F3N3O8S. The molecule has 11 nitrogen and oxygen atoms in total. The highest BCUT2D eigenvalue weighted by molar-refractivity contribution is 7.89. The number of aliphatic hydroxyl groups excluding tert-OH is 1. The van der Waals surface area contributed by atoms with Gasteiger partial charge in [-0.05, 0) is 68.9 Å². The van der Waals surface area contributed by atoms with Gasteiger partial charge in [0.2, 0.25) is 15.9 Å². The maximum atomic E-state index is 14.0. The van der Waals surface area contributed by atoms with E-state index in [1.54, 1.807) is 57.2 Å². The Balaban J connectivity index is 2.02. The topological polar surface area (TPSA) is 135 Å². The zero-order chi connectivity index (χ0) is 39.6. The quantitative estimate of drug-likeness (QED) is 0.133. The molecule has 0 aromatic heterocycles. The number of nitrogens with one attached hydrogen (secondary N) is 1. The molecule has 0 fully saturated rings. The Morgan fingerprint density at radius 2 is 1.75 bits per heavy atom. The fraction of sp³-hybridized carbons (Fsp3) is 0.526. The predicted molar refractivity (Wildman–Crippen MR) is 196 cm³/mol. The van der Waals surface area contributed by atoms with Crippen molar-refractivity contribution < 1.29 is 50.5 Å². The molecule has 0 radical (unpaired) electrons. The molecule has 53 heavy (non-hydrogen) atoms. The van der Waals surface area contributed by atoms with Crippen molar-refractivity contribution >= 4 is 22.0 Å². The molecule has 0 saturated carbocycles. The van der Waals surface area contributed by atoms with E-state index in [2.05, 4.69) is 18.5 Å². The molecule has 0 heterocycles. The van der Waals surface area contributed by atoms with Gasteiger partial charge in [-0.15, -0.1) is 13.2 Å². The smallest absolute Gasteiger partial charge is 0.410 e. The Bertz CT molecular complexity index is 1650. The van der Waals surface area contributed by atoms with E-state index in [9.17, 15) is 36.3 Å². The summed E-state index contributed by atoms with van der Waals surface area (Å²) in [6.07, 6.45) is -5.27. The van der Waals surface area contributed by atoms with Gasteiger partial charge in [0, 0.05) is 13.0 Å². The average Bonchev–Trinajstić information content (AvgIpc) is 3.44. The van der Waals surface area contributed by atoms with Gasteiger partial charge in [-0.25, -0.2) is 13.2 Å². The van der Waals surface area contributed by atoms with Crippen LogP contribution >= 0.6 is 0 Å². The lowest BCUT2D eigenvalue weighted by Crippen LogP contribution is -2.56. The summed E-state index contributed by atoms with van der Waals surface area (Å²) < 4.78 is 82.4. The van der Waals surface area contributed by atoms with Gasteiger partial charge in [0.15, 0.2) is 0 Å². The van der Waals surface area contributed by atoms with Crippen molar-refractivity contribution in [2.75, 3.05) is 39.7 Å². The Kier molecular flexibility index (Phi) is 15.5. The van der Waals surface area contributed by atoms with Gasteiger partial charge in [0.25, 0.3) is 0 Å². The number of hydrogen-bond acceptors (Lipinski definition) is 8. The van der Waals surface area contributed by atoms with E-state index in [0.29, 0.717) is 35.3 Å². The molecule has 0 saturated heterocycles. The van der Waals surface area contributed by atoms with Gasteiger partial charge in [-0.1, -0.05) is 48.6 Å². The van der Waals surface area contributed by atoms with Crippen LogP contribution in [0.15, 0.2) is 73.8 Å². The SMILES string of the molecule is C=CCOC[C@@H]1C[C@H](N(C[C@@H](O)[C@H](Cc2ccccc2)NC(=O)[C@H](CC=C)N(C)S(=O)(=O)CCC(F)(F)F)C(=O)OC(C)(C)C)c2cc(OC)ccc21. The maximum Gasteiger partial charge on any atom is 0.410 e. The number of benzene rings is 2. The van der Waals surface area contributed by atoms with E-state index >= 15 is 0 Å². The van der Waals surface area contributed by atoms with Gasteiger partial charge in [0.1, 0.15) is 17.4 Å². The summed E-state index contributed by atoms with van der Waals surface area (Å²) >= 11 is 0. The van der Waals surface area contributed by atoms with E-state index in [1.165, 1.54) is 18.1 Å². The number of fused-ring (bicyclic) bond motifs is 1. The molecule has 0 aliphatic heterocycles. The molecule has 1 aliphatic carbocycles. The van der Waals surface area contributed by atoms with Crippen LogP contribution in [-0.4, -0.2) is 104 Å². The Morgan fingerprint density at radius 3 is 2.34 bits per heavy atom. The van der Waals surface area contributed by atoms with E-state index in [4.69, 9.17) is 14.2 Å². The number of halogens is 3. The first-order valence-corrected chi connectivity index (χ1v) is 18.9. The first-order chi connectivity index (χ1) is 24.8. The third-order valence-electron chi connectivity index (χ3n) is 8.85. The Labute approximate surface area is 310 Å². The van der Waals surface area contributed by atoms with Gasteiger partial charge in [-0.2, -0.15) is 17.5 Å². The summed E-state index contributed by atoms with van der Waals surface area (Å²) in [6.45, 7) is 12.8. The predicted octanol–water partition coefficient (Wildman–Crippen LogP) is 5.91. The standard InChI is InChI=1S/C38H52F3N3O8S/c1-8-13-32(43(6)53(48,49)20-18-38(39,40)41)35(46)42-31(21-26-14-11-10-12-15-26)34(45)24-44(36(47)52-37(3,4)5)33-22-27(25-51-19-9-2)29-17-16-28(50-7)23-30(29)33/h8-12,14-17,23,27,31-34,45H,1-2,13,18-22,24-25H2,3-7H3,(H,42,46)/t27-,31-,32-,33-,34+/m0/s1. The normalized spacial score (nSPS) is 17.7. The zero-order valence-electron chi connectivity index (χ0n) is 31.0. The Hall–Kier alpha value is -3.92. The van der Waals surface area contributed by atoms with Crippen LogP contribution < -0.4 is 10.1 Å². The highest BCUT2D eigenvalue weighted by Gasteiger charge is 2.41. The number of likely N-dealkylation sites (N-methyl/N-ethyl adjacent to an activating group) is 1. The molecule has 0 bridgehead atoms. The fourth-order valence-corrected chi connectivity index (χ4v) is 7.53. The zero-order valence-corrected chi connectivity index (χ0v) is 31.8. The van der Waals surface area contributed by atoms with Crippen molar-refractivity contribution in [2.45, 2.75) is 88.4 Å². The number of rotatable bonds is 19. The highest BCUT2D eigenvalue weighted by Crippen LogP contribution is 2.45. The monoisotopic (exact) mass is 767 g/mol. The second-order valence-electron chi connectivity index (χ2n) is 14.0. The number of nitrogens with zero attached hydrogens (tertiary/aromatic N) is 2. The summed E-state index contributed by atoms with van der Waals surface area (Å²) in [7, 11) is -1.97. The summed E-state index contributed by atoms with van der Waals surface area (Å²) in [5.74, 6) is -1.68. The van der Waals surface area contributed by atoms with Crippen molar-refractivity contribution in [3.05, 3.63) is 90.5 Å². The van der Waals surface area contributed by atoms with Crippen LogP contribution in [0.3, 0.4) is 0 Å². The number of ether oxygens (including phenoxy) is 3. The number of carbonyl (C=O) groups is 2. The van der Waals surface area contributed by atoms with E-state index in [-0.39, 0.29) is 25.3 Å². The summed E-state index contributed by atoms with van der Waals surface area (Å²) in [4.78, 5) is 29.3. The number of aliphatic hydroxyl groups is 1. The molecular weight excluding hydrogens is 715 g/mol. The van der Waals surface area contributed by atoms with E-state index < -0.39 is 70.2 Å². The fourth-order valence-electron chi connectivity index (χ4n) is 6.18. The maximum absolute atomic E-state index is 14.0. The number of methoxy groups -OCH3 is 1. The number of amides is 2. The minimum atomic E-state index is -4.72. The van der Waals surface area contributed by atoms with Gasteiger partial charge in [-0.3, -0.25) is 9.69 Å². The summed E-state index contributed by atoms with van der Waals surface area (Å²) in [6, 6.07) is 11.3. The average molecular weight is 768 g/mol. The molecule has 0 unspecified atom stereocenters. The number of alkyl halides is 3. The second kappa shape index (κ2) is 18.9. The molecule has 5 atom stereocenters. The van der Waals surface area contributed by atoms with Crippen molar-refractivity contribution in [1.29, 1.82) is 0 Å². The largest absolute Gasteiger partial charge is 0.497 e. The van der Waals surface area contributed by atoms with Crippen molar-refractivity contribution in [1.82, 2.24) is 14.5 Å².